The van der Waals surface area contributed by atoms with Gasteiger partial charge in [0.05, 0.1) is 0 Å². The van der Waals surface area contributed by atoms with E-state index in [-0.39, 0.29) is 20.3 Å². The summed E-state index contributed by atoms with van der Waals surface area (Å²) in [7, 11) is 4.22. The van der Waals surface area contributed by atoms with Gasteiger partial charge in [-0.1, -0.05) is 37.5 Å². The normalized spacial score (nSPS) is 16.1. The molecular weight excluding hydrogens is 215 g/mol. The zero-order valence-electron chi connectivity index (χ0n) is 13.1. The predicted octanol–water partition coefficient (Wildman–Crippen LogP) is 0.291. The monoisotopic (exact) mass is 240 g/mol. The maximum absolute atomic E-state index is 3.71. The summed E-state index contributed by atoms with van der Waals surface area (Å²) in [6.45, 7) is 0.999. The van der Waals surface area contributed by atoms with Crippen molar-refractivity contribution in [3.63, 3.8) is 0 Å². The van der Waals surface area contributed by atoms with Crippen molar-refractivity contribution < 1.29 is 20.3 Å². The van der Waals surface area contributed by atoms with Gasteiger partial charge in [-0.25, -0.2) is 0 Å². The standard InChI is InChI=1S/C15H24N2.Li.H/c1-17(2)15-11-7-6-8-13(15)12-16-14-9-4-3-5-10-14;;/h6-8,11,14,16H,3-5,9-10,12H2,1-2H3;;/q;+1;-1. The number of anilines is 1. The molecule has 2 rings (SSSR count). The van der Waals surface area contributed by atoms with Gasteiger partial charge in [0.25, 0.3) is 0 Å². The number of para-hydroxylation sites is 1. The van der Waals surface area contributed by atoms with Crippen molar-refractivity contribution in [2.45, 2.75) is 44.7 Å². The van der Waals surface area contributed by atoms with Crippen molar-refractivity contribution in [3.8, 4) is 0 Å². The number of hydrogen-bond acceptors (Lipinski definition) is 2. The molecule has 1 aliphatic rings. The van der Waals surface area contributed by atoms with Crippen LogP contribution in [0, 0.1) is 0 Å². The average Bonchev–Trinajstić information content (AvgIpc) is 2.38. The number of nitrogens with one attached hydrogen (secondary N) is 1. The van der Waals surface area contributed by atoms with Crippen molar-refractivity contribution in [2.24, 2.45) is 0 Å². The molecule has 3 heteroatoms. The molecule has 0 saturated heterocycles. The van der Waals surface area contributed by atoms with Gasteiger partial charge in [0.15, 0.2) is 0 Å². The van der Waals surface area contributed by atoms with Crippen LogP contribution in [-0.2, 0) is 6.54 Å². The molecule has 0 unspecified atom stereocenters. The first-order chi connectivity index (χ1) is 8.27. The Labute approximate surface area is 125 Å². The second-order valence-electron chi connectivity index (χ2n) is 5.24. The van der Waals surface area contributed by atoms with Gasteiger partial charge in [0, 0.05) is 32.4 Å². The molecule has 1 aromatic carbocycles. The molecule has 1 saturated carbocycles. The average molecular weight is 240 g/mol. The molecule has 18 heavy (non-hydrogen) atoms. The van der Waals surface area contributed by atoms with Crippen LogP contribution in [0.5, 0.6) is 0 Å². The number of benzene rings is 1. The van der Waals surface area contributed by atoms with Crippen LogP contribution in [0.15, 0.2) is 24.3 Å². The summed E-state index contributed by atoms with van der Waals surface area (Å²) in [4.78, 5) is 2.19. The molecule has 0 atom stereocenters. The zero-order chi connectivity index (χ0) is 12.1. The molecule has 2 nitrogen and oxygen atoms in total. The Hall–Kier alpha value is -0.423. The maximum Gasteiger partial charge on any atom is 1.00 e. The molecule has 1 aliphatic carbocycles. The van der Waals surface area contributed by atoms with E-state index in [9.17, 15) is 0 Å². The van der Waals surface area contributed by atoms with Gasteiger partial charge in [0.2, 0.25) is 0 Å². The number of nitrogens with zero attached hydrogens (tertiary/aromatic N) is 1. The minimum atomic E-state index is 0. The van der Waals surface area contributed by atoms with Gasteiger partial charge in [-0.15, -0.1) is 0 Å². The van der Waals surface area contributed by atoms with Crippen molar-refractivity contribution in [2.75, 3.05) is 19.0 Å². The topological polar surface area (TPSA) is 15.3 Å². The van der Waals surface area contributed by atoms with E-state index in [0.29, 0.717) is 0 Å². The summed E-state index contributed by atoms with van der Waals surface area (Å²) in [5.74, 6) is 0. The molecule has 0 aliphatic heterocycles. The van der Waals surface area contributed by atoms with Crippen LogP contribution in [-0.4, -0.2) is 20.1 Å². The van der Waals surface area contributed by atoms with Crippen LogP contribution in [0.25, 0.3) is 0 Å². The summed E-state index contributed by atoms with van der Waals surface area (Å²) < 4.78 is 0. The predicted molar refractivity (Wildman–Crippen MR) is 75.6 cm³/mol. The van der Waals surface area contributed by atoms with Crippen LogP contribution in [0.4, 0.5) is 5.69 Å². The van der Waals surface area contributed by atoms with Gasteiger partial charge in [-0.05, 0) is 24.5 Å². The van der Waals surface area contributed by atoms with E-state index < -0.39 is 0 Å². The van der Waals surface area contributed by atoms with E-state index in [1.165, 1.54) is 43.4 Å². The van der Waals surface area contributed by atoms with Crippen LogP contribution in [0.3, 0.4) is 0 Å². The fraction of sp³-hybridized carbons (Fsp3) is 0.600. The van der Waals surface area contributed by atoms with Gasteiger partial charge in [-0.2, -0.15) is 0 Å². The summed E-state index contributed by atoms with van der Waals surface area (Å²) >= 11 is 0. The Morgan fingerprint density at radius 1 is 1.17 bits per heavy atom. The third-order valence-electron chi connectivity index (χ3n) is 3.66. The van der Waals surface area contributed by atoms with Crippen molar-refractivity contribution in [3.05, 3.63) is 29.8 Å². The van der Waals surface area contributed by atoms with E-state index in [2.05, 4.69) is 48.6 Å². The van der Waals surface area contributed by atoms with E-state index in [1.807, 2.05) is 0 Å². The second kappa shape index (κ2) is 7.89. The minimum Gasteiger partial charge on any atom is -1.00 e. The Balaban J connectivity index is 0.00000162. The van der Waals surface area contributed by atoms with Gasteiger partial charge in [0.1, 0.15) is 0 Å². The summed E-state index contributed by atoms with van der Waals surface area (Å²) in [6, 6.07) is 9.40. The largest absolute Gasteiger partial charge is 1.00 e. The molecule has 0 amide bonds. The Morgan fingerprint density at radius 3 is 2.50 bits per heavy atom. The van der Waals surface area contributed by atoms with Crippen molar-refractivity contribution >= 4 is 5.69 Å². The third kappa shape index (κ3) is 4.35. The molecule has 1 fully saturated rings. The Morgan fingerprint density at radius 2 is 1.83 bits per heavy atom. The molecule has 0 aromatic heterocycles. The molecule has 1 N–H and O–H groups in total. The molecule has 0 radical (unpaired) electrons. The molecular formula is C15H25LiN2. The fourth-order valence-corrected chi connectivity index (χ4v) is 2.66. The van der Waals surface area contributed by atoms with E-state index in [1.54, 1.807) is 0 Å². The van der Waals surface area contributed by atoms with Crippen LogP contribution >= 0.6 is 0 Å². The molecule has 0 heterocycles. The Kier molecular flexibility index (Phi) is 6.85. The first kappa shape index (κ1) is 15.6. The third-order valence-corrected chi connectivity index (χ3v) is 3.66. The van der Waals surface area contributed by atoms with E-state index >= 15 is 0 Å². The van der Waals surface area contributed by atoms with Gasteiger partial charge < -0.3 is 11.6 Å². The van der Waals surface area contributed by atoms with Gasteiger partial charge in [-0.3, -0.25) is 0 Å². The zero-order valence-corrected chi connectivity index (χ0v) is 12.1. The molecule has 0 spiro atoms. The van der Waals surface area contributed by atoms with Crippen molar-refractivity contribution in [1.29, 1.82) is 0 Å². The molecule has 1 aromatic rings. The van der Waals surface area contributed by atoms with Gasteiger partial charge >= 0.3 is 18.9 Å². The summed E-state index contributed by atoms with van der Waals surface area (Å²) in [6.07, 6.45) is 6.92. The molecule has 96 valence electrons. The second-order valence-corrected chi connectivity index (χ2v) is 5.24. The summed E-state index contributed by atoms with van der Waals surface area (Å²) in [5.41, 5.74) is 2.74. The SMILES string of the molecule is CN(C)c1ccccc1CNC1CCCCC1.[H-].[Li+]. The first-order valence-corrected chi connectivity index (χ1v) is 6.76. The quantitative estimate of drug-likeness (QED) is 0.761. The van der Waals surface area contributed by atoms with Crippen LogP contribution < -0.4 is 29.1 Å². The molecule has 0 bridgehead atoms. The smallest absolute Gasteiger partial charge is 1.00 e. The maximum atomic E-state index is 3.71. The first-order valence-electron chi connectivity index (χ1n) is 6.76. The summed E-state index contributed by atoms with van der Waals surface area (Å²) in [5, 5.41) is 3.71. The van der Waals surface area contributed by atoms with Crippen LogP contribution in [0.2, 0.25) is 0 Å². The fourth-order valence-electron chi connectivity index (χ4n) is 2.66. The van der Waals surface area contributed by atoms with E-state index in [4.69, 9.17) is 0 Å². The minimum absolute atomic E-state index is 0. The van der Waals surface area contributed by atoms with E-state index in [0.717, 1.165) is 12.6 Å². The number of rotatable bonds is 4. The number of hydrogen-bond donors (Lipinski definition) is 1. The van der Waals surface area contributed by atoms with Crippen LogP contribution in [0.1, 0.15) is 39.1 Å². The Bertz CT molecular complexity index is 352. The van der Waals surface area contributed by atoms with Crippen molar-refractivity contribution in [1.82, 2.24) is 5.32 Å².